The van der Waals surface area contributed by atoms with Gasteiger partial charge in [-0.3, -0.25) is 9.69 Å². The van der Waals surface area contributed by atoms with E-state index in [1.54, 1.807) is 0 Å². The van der Waals surface area contributed by atoms with Gasteiger partial charge in [-0.25, -0.2) is 0 Å². The zero-order chi connectivity index (χ0) is 15.2. The molecule has 0 aromatic carbocycles. The van der Waals surface area contributed by atoms with Crippen LogP contribution in [-0.4, -0.2) is 42.0 Å². The predicted octanol–water partition coefficient (Wildman–Crippen LogP) is 1.74. The van der Waals surface area contributed by atoms with E-state index < -0.39 is 0 Å². The van der Waals surface area contributed by atoms with Crippen molar-refractivity contribution in [3.05, 3.63) is 0 Å². The van der Waals surface area contributed by atoms with Crippen molar-refractivity contribution in [2.24, 2.45) is 23.0 Å². The molecule has 120 valence electrons. The molecule has 4 nitrogen and oxygen atoms in total. The molecule has 0 aromatic rings. The summed E-state index contributed by atoms with van der Waals surface area (Å²) in [6.07, 6.45) is 5.73. The zero-order valence-corrected chi connectivity index (χ0v) is 13.8. The minimum atomic E-state index is -0.00344. The molecule has 2 aliphatic carbocycles. The van der Waals surface area contributed by atoms with Crippen molar-refractivity contribution in [1.82, 2.24) is 10.2 Å². The van der Waals surface area contributed by atoms with Crippen LogP contribution in [0.5, 0.6) is 0 Å². The molecule has 0 bridgehead atoms. The van der Waals surface area contributed by atoms with Crippen molar-refractivity contribution in [2.45, 2.75) is 71.0 Å². The van der Waals surface area contributed by atoms with E-state index in [9.17, 15) is 4.79 Å². The van der Waals surface area contributed by atoms with Crippen LogP contribution in [0, 0.1) is 17.3 Å². The van der Waals surface area contributed by atoms with E-state index >= 15 is 0 Å². The lowest BCUT2D eigenvalue weighted by molar-refractivity contribution is -0.133. The van der Waals surface area contributed by atoms with Gasteiger partial charge in [0.2, 0.25) is 5.91 Å². The van der Waals surface area contributed by atoms with Gasteiger partial charge in [-0.1, -0.05) is 20.8 Å². The van der Waals surface area contributed by atoms with E-state index in [4.69, 9.17) is 5.73 Å². The summed E-state index contributed by atoms with van der Waals surface area (Å²) in [4.78, 5) is 15.3. The first-order chi connectivity index (χ1) is 9.89. The second-order valence-electron chi connectivity index (χ2n) is 8.12. The minimum absolute atomic E-state index is 0.00344. The highest BCUT2D eigenvalue weighted by Gasteiger charge is 2.45. The molecular weight excluding hydrogens is 262 g/mol. The Bertz CT molecular complexity index is 405. The van der Waals surface area contributed by atoms with Crippen molar-refractivity contribution < 1.29 is 4.79 Å². The summed E-state index contributed by atoms with van der Waals surface area (Å²) in [5, 5.41) is 3.33. The monoisotopic (exact) mass is 293 g/mol. The van der Waals surface area contributed by atoms with E-state index in [0.717, 1.165) is 38.4 Å². The van der Waals surface area contributed by atoms with Crippen molar-refractivity contribution in [3.8, 4) is 0 Å². The largest absolute Gasteiger partial charge is 0.352 e. The lowest BCUT2D eigenvalue weighted by Crippen LogP contribution is -2.53. The third-order valence-electron chi connectivity index (χ3n) is 6.45. The van der Waals surface area contributed by atoms with Crippen LogP contribution in [0.3, 0.4) is 0 Å². The van der Waals surface area contributed by atoms with Crippen molar-refractivity contribution in [2.75, 3.05) is 13.1 Å². The molecule has 1 saturated heterocycles. The number of rotatable bonds is 3. The van der Waals surface area contributed by atoms with Crippen molar-refractivity contribution >= 4 is 5.91 Å². The Kier molecular flexibility index (Phi) is 4.04. The molecule has 3 rings (SSSR count). The van der Waals surface area contributed by atoms with Gasteiger partial charge in [0.25, 0.3) is 0 Å². The molecule has 21 heavy (non-hydrogen) atoms. The average molecular weight is 293 g/mol. The van der Waals surface area contributed by atoms with Gasteiger partial charge in [-0.2, -0.15) is 0 Å². The molecule has 1 amide bonds. The van der Waals surface area contributed by atoms with E-state index in [1.807, 2.05) is 0 Å². The summed E-state index contributed by atoms with van der Waals surface area (Å²) in [5.74, 6) is 0.775. The number of likely N-dealkylation sites (tertiary alicyclic amines) is 1. The number of nitrogens with two attached hydrogens (primary N) is 1. The van der Waals surface area contributed by atoms with E-state index in [1.165, 1.54) is 12.8 Å². The summed E-state index contributed by atoms with van der Waals surface area (Å²) in [6, 6.07) is 1.41. The maximum Gasteiger partial charge on any atom is 0.223 e. The third-order valence-corrected chi connectivity index (χ3v) is 6.45. The third kappa shape index (κ3) is 2.98. The number of nitrogens with one attached hydrogen (secondary N) is 1. The second-order valence-corrected chi connectivity index (χ2v) is 8.12. The van der Waals surface area contributed by atoms with Crippen molar-refractivity contribution in [1.29, 1.82) is 0 Å². The number of nitrogens with zero attached hydrogens (tertiary/aromatic N) is 1. The number of carbonyl (C=O) groups excluding carboxylic acids is 1. The quantitative estimate of drug-likeness (QED) is 0.833. The summed E-state index contributed by atoms with van der Waals surface area (Å²) in [7, 11) is 0. The smallest absolute Gasteiger partial charge is 0.223 e. The van der Waals surface area contributed by atoms with Gasteiger partial charge in [-0.05, 0) is 43.4 Å². The highest BCUT2D eigenvalue weighted by molar-refractivity contribution is 5.80. The van der Waals surface area contributed by atoms with Crippen LogP contribution in [-0.2, 0) is 4.79 Å². The summed E-state index contributed by atoms with van der Waals surface area (Å²) in [6.45, 7) is 8.84. The predicted molar refractivity (Wildman–Crippen MR) is 84.8 cm³/mol. The Labute approximate surface area is 128 Å². The fourth-order valence-corrected chi connectivity index (χ4v) is 4.30. The van der Waals surface area contributed by atoms with Gasteiger partial charge >= 0.3 is 0 Å². The molecule has 1 aliphatic heterocycles. The topological polar surface area (TPSA) is 58.4 Å². The molecule has 0 spiro atoms. The lowest BCUT2D eigenvalue weighted by Gasteiger charge is -2.46. The molecule has 3 fully saturated rings. The van der Waals surface area contributed by atoms with Gasteiger partial charge in [0.1, 0.15) is 0 Å². The standard InChI is InChI=1S/C17H31N3O/c1-11-15(18)7-6-14(17(11,2)3)16(21)19-12-8-9-20(10-12)13-4-5-13/h11-15H,4-10,18H2,1-3H3,(H,19,21). The van der Waals surface area contributed by atoms with Crippen LogP contribution < -0.4 is 11.1 Å². The van der Waals surface area contributed by atoms with Gasteiger partial charge in [0, 0.05) is 37.1 Å². The van der Waals surface area contributed by atoms with Crippen LogP contribution in [0.15, 0.2) is 0 Å². The Balaban J connectivity index is 1.57. The SMILES string of the molecule is CC1C(N)CCC(C(=O)NC2CCN(C3CC3)C2)C1(C)C. The Morgan fingerprint density at radius 2 is 1.90 bits per heavy atom. The fraction of sp³-hybridized carbons (Fsp3) is 0.941. The van der Waals surface area contributed by atoms with Crippen LogP contribution >= 0.6 is 0 Å². The van der Waals surface area contributed by atoms with Gasteiger partial charge in [0.15, 0.2) is 0 Å². The van der Waals surface area contributed by atoms with Crippen LogP contribution in [0.4, 0.5) is 0 Å². The highest BCUT2D eigenvalue weighted by atomic mass is 16.2. The first-order valence-corrected chi connectivity index (χ1v) is 8.69. The second kappa shape index (κ2) is 5.54. The van der Waals surface area contributed by atoms with Gasteiger partial charge in [-0.15, -0.1) is 0 Å². The number of carbonyl (C=O) groups is 1. The molecular formula is C17H31N3O. The van der Waals surface area contributed by atoms with Crippen molar-refractivity contribution in [3.63, 3.8) is 0 Å². The fourth-order valence-electron chi connectivity index (χ4n) is 4.30. The molecule has 1 heterocycles. The molecule has 4 heteroatoms. The van der Waals surface area contributed by atoms with E-state index in [0.29, 0.717) is 12.0 Å². The van der Waals surface area contributed by atoms with E-state index in [2.05, 4.69) is 31.0 Å². The van der Waals surface area contributed by atoms with Crippen LogP contribution in [0.25, 0.3) is 0 Å². The number of hydrogen-bond donors (Lipinski definition) is 2. The zero-order valence-electron chi connectivity index (χ0n) is 13.8. The van der Waals surface area contributed by atoms with Gasteiger partial charge in [0.05, 0.1) is 0 Å². The summed E-state index contributed by atoms with van der Waals surface area (Å²) in [5.41, 5.74) is 6.20. The number of hydrogen-bond acceptors (Lipinski definition) is 3. The maximum absolute atomic E-state index is 12.7. The average Bonchev–Trinajstić information content (AvgIpc) is 3.17. The molecule has 4 unspecified atom stereocenters. The summed E-state index contributed by atoms with van der Waals surface area (Å²) < 4.78 is 0. The maximum atomic E-state index is 12.7. The molecule has 3 aliphatic rings. The van der Waals surface area contributed by atoms with Crippen LogP contribution in [0.1, 0.15) is 52.9 Å². The summed E-state index contributed by atoms with van der Waals surface area (Å²) >= 11 is 0. The molecule has 0 radical (unpaired) electrons. The molecule has 4 atom stereocenters. The Morgan fingerprint density at radius 1 is 1.19 bits per heavy atom. The Morgan fingerprint density at radius 3 is 2.57 bits per heavy atom. The number of amides is 1. The first kappa shape index (κ1) is 15.3. The Hall–Kier alpha value is -0.610. The normalized spacial score (nSPS) is 40.2. The van der Waals surface area contributed by atoms with Gasteiger partial charge < -0.3 is 11.1 Å². The molecule has 2 saturated carbocycles. The molecule has 0 aromatic heterocycles. The highest BCUT2D eigenvalue weighted by Crippen LogP contribution is 2.44. The molecule has 3 N–H and O–H groups in total. The van der Waals surface area contributed by atoms with E-state index in [-0.39, 0.29) is 23.3 Å². The minimum Gasteiger partial charge on any atom is -0.352 e. The lowest BCUT2D eigenvalue weighted by atomic mass is 9.61. The van der Waals surface area contributed by atoms with Crippen LogP contribution in [0.2, 0.25) is 0 Å². The first-order valence-electron chi connectivity index (χ1n) is 8.69.